The smallest absolute Gasteiger partial charge is 0.0621 e. The van der Waals surface area contributed by atoms with E-state index in [1.54, 1.807) is 0 Å². The van der Waals surface area contributed by atoms with E-state index >= 15 is 0 Å². The summed E-state index contributed by atoms with van der Waals surface area (Å²) in [5.74, 6) is 0.658. The van der Waals surface area contributed by atoms with E-state index in [1.807, 2.05) is 0 Å². The standard InChI is InChI=1S/C13H27NO/c1-9(12(2,3)4)8-14-10-7-11(15)13(10,5)6/h9-11,14-15H,7-8H2,1-6H3. The molecule has 0 aromatic heterocycles. The van der Waals surface area contributed by atoms with Crippen molar-refractivity contribution < 1.29 is 5.11 Å². The van der Waals surface area contributed by atoms with Gasteiger partial charge < -0.3 is 10.4 Å². The van der Waals surface area contributed by atoms with Crippen molar-refractivity contribution in [2.24, 2.45) is 16.7 Å². The highest BCUT2D eigenvalue weighted by Gasteiger charge is 2.47. The molecule has 2 N–H and O–H groups in total. The lowest BCUT2D eigenvalue weighted by Gasteiger charge is -2.50. The van der Waals surface area contributed by atoms with Crippen LogP contribution in [0.15, 0.2) is 0 Å². The molecule has 1 rings (SSSR count). The van der Waals surface area contributed by atoms with Gasteiger partial charge in [0.05, 0.1) is 6.10 Å². The minimum atomic E-state index is -0.125. The Bertz CT molecular complexity index is 217. The van der Waals surface area contributed by atoms with E-state index in [4.69, 9.17) is 0 Å². The monoisotopic (exact) mass is 213 g/mol. The molecule has 0 spiro atoms. The summed E-state index contributed by atoms with van der Waals surface area (Å²) in [4.78, 5) is 0. The van der Waals surface area contributed by atoms with Gasteiger partial charge in [-0.25, -0.2) is 0 Å². The fourth-order valence-corrected chi connectivity index (χ4v) is 1.87. The summed E-state index contributed by atoms with van der Waals surface area (Å²) in [5, 5.41) is 13.2. The van der Waals surface area contributed by atoms with Crippen molar-refractivity contribution in [3.63, 3.8) is 0 Å². The van der Waals surface area contributed by atoms with Crippen molar-refractivity contribution in [3.8, 4) is 0 Å². The van der Waals surface area contributed by atoms with E-state index in [0.29, 0.717) is 17.4 Å². The van der Waals surface area contributed by atoms with Crippen LogP contribution >= 0.6 is 0 Å². The van der Waals surface area contributed by atoms with Crippen molar-refractivity contribution in [1.82, 2.24) is 5.32 Å². The normalized spacial score (nSPS) is 32.2. The van der Waals surface area contributed by atoms with Gasteiger partial charge in [-0.05, 0) is 24.3 Å². The van der Waals surface area contributed by atoms with Crippen LogP contribution in [0.5, 0.6) is 0 Å². The van der Waals surface area contributed by atoms with Crippen LogP contribution in [0.2, 0.25) is 0 Å². The molecule has 1 aliphatic carbocycles. The third-order valence-corrected chi connectivity index (χ3v) is 4.36. The molecule has 0 saturated heterocycles. The average molecular weight is 213 g/mol. The van der Waals surface area contributed by atoms with Crippen LogP contribution in [-0.4, -0.2) is 23.8 Å². The highest BCUT2D eigenvalue weighted by Crippen LogP contribution is 2.40. The van der Waals surface area contributed by atoms with Gasteiger partial charge in [-0.15, -0.1) is 0 Å². The lowest BCUT2D eigenvalue weighted by atomic mass is 9.64. The molecule has 2 heteroatoms. The molecule has 1 fully saturated rings. The maximum Gasteiger partial charge on any atom is 0.0621 e. The molecule has 2 nitrogen and oxygen atoms in total. The Morgan fingerprint density at radius 1 is 1.40 bits per heavy atom. The van der Waals surface area contributed by atoms with Crippen LogP contribution in [0, 0.1) is 16.7 Å². The molecule has 15 heavy (non-hydrogen) atoms. The largest absolute Gasteiger partial charge is 0.392 e. The van der Waals surface area contributed by atoms with E-state index in [1.165, 1.54) is 0 Å². The Hall–Kier alpha value is -0.0800. The number of aliphatic hydroxyl groups is 1. The van der Waals surface area contributed by atoms with Gasteiger partial charge in [0.15, 0.2) is 0 Å². The molecule has 0 aromatic rings. The molecule has 0 heterocycles. The van der Waals surface area contributed by atoms with Crippen molar-refractivity contribution in [1.29, 1.82) is 0 Å². The Kier molecular flexibility index (Phi) is 3.52. The lowest BCUT2D eigenvalue weighted by molar-refractivity contribution is -0.0741. The maximum absolute atomic E-state index is 9.63. The van der Waals surface area contributed by atoms with Crippen LogP contribution in [0.25, 0.3) is 0 Å². The summed E-state index contributed by atoms with van der Waals surface area (Å²) in [6.07, 6.45) is 0.782. The van der Waals surface area contributed by atoms with Gasteiger partial charge in [0.1, 0.15) is 0 Å². The minimum absolute atomic E-state index is 0.0532. The highest BCUT2D eigenvalue weighted by molar-refractivity contribution is 5.01. The van der Waals surface area contributed by atoms with Crippen molar-refractivity contribution in [2.45, 2.75) is 60.1 Å². The Morgan fingerprint density at radius 3 is 2.27 bits per heavy atom. The van der Waals surface area contributed by atoms with E-state index in [9.17, 15) is 5.11 Å². The zero-order valence-electron chi connectivity index (χ0n) is 11.1. The average Bonchev–Trinajstić information content (AvgIpc) is 2.09. The summed E-state index contributed by atoms with van der Waals surface area (Å²) in [5.41, 5.74) is 0.414. The number of hydrogen-bond acceptors (Lipinski definition) is 2. The predicted octanol–water partition coefficient (Wildman–Crippen LogP) is 2.42. The number of hydrogen-bond donors (Lipinski definition) is 2. The van der Waals surface area contributed by atoms with Crippen LogP contribution in [0.1, 0.15) is 48.0 Å². The molecule has 0 bridgehead atoms. The SMILES string of the molecule is CC(CNC1CC(O)C1(C)C)C(C)(C)C. The van der Waals surface area contributed by atoms with Gasteiger partial charge in [-0.3, -0.25) is 0 Å². The molecule has 0 radical (unpaired) electrons. The molecular weight excluding hydrogens is 186 g/mol. The second kappa shape index (κ2) is 4.06. The zero-order valence-corrected chi connectivity index (χ0v) is 11.1. The first-order valence-corrected chi connectivity index (χ1v) is 6.07. The first-order chi connectivity index (χ1) is 6.65. The van der Waals surface area contributed by atoms with Gasteiger partial charge >= 0.3 is 0 Å². The van der Waals surface area contributed by atoms with E-state index in [2.05, 4.69) is 46.9 Å². The Labute approximate surface area is 94.5 Å². The second-order valence-electron chi connectivity index (χ2n) is 6.80. The zero-order chi connectivity index (χ0) is 11.9. The van der Waals surface area contributed by atoms with Crippen LogP contribution < -0.4 is 5.32 Å². The second-order valence-corrected chi connectivity index (χ2v) is 6.80. The van der Waals surface area contributed by atoms with Crippen LogP contribution in [-0.2, 0) is 0 Å². The molecule has 1 saturated carbocycles. The van der Waals surface area contributed by atoms with Gasteiger partial charge in [0.2, 0.25) is 0 Å². The quantitative estimate of drug-likeness (QED) is 0.754. The fraction of sp³-hybridized carbons (Fsp3) is 1.00. The van der Waals surface area contributed by atoms with Crippen molar-refractivity contribution in [3.05, 3.63) is 0 Å². The van der Waals surface area contributed by atoms with E-state index < -0.39 is 0 Å². The first-order valence-electron chi connectivity index (χ1n) is 6.07. The molecule has 3 unspecified atom stereocenters. The van der Waals surface area contributed by atoms with Gasteiger partial charge in [-0.1, -0.05) is 41.5 Å². The molecule has 0 aromatic carbocycles. The van der Waals surface area contributed by atoms with Gasteiger partial charge in [-0.2, -0.15) is 0 Å². The first kappa shape index (κ1) is 13.0. The summed E-state index contributed by atoms with van der Waals surface area (Å²) >= 11 is 0. The maximum atomic E-state index is 9.63. The Morgan fingerprint density at radius 2 is 1.93 bits per heavy atom. The van der Waals surface area contributed by atoms with Crippen LogP contribution in [0.4, 0.5) is 0 Å². The van der Waals surface area contributed by atoms with Gasteiger partial charge in [0.25, 0.3) is 0 Å². The molecule has 0 aliphatic heterocycles. The molecule has 1 aliphatic rings. The van der Waals surface area contributed by atoms with Crippen molar-refractivity contribution >= 4 is 0 Å². The summed E-state index contributed by atoms with van der Waals surface area (Å²) in [6, 6.07) is 0.484. The third kappa shape index (κ3) is 2.73. The summed E-state index contributed by atoms with van der Waals surface area (Å²) < 4.78 is 0. The summed E-state index contributed by atoms with van der Waals surface area (Å²) in [6.45, 7) is 14.4. The topological polar surface area (TPSA) is 32.3 Å². The number of aliphatic hydroxyl groups excluding tert-OH is 1. The van der Waals surface area contributed by atoms with Crippen LogP contribution in [0.3, 0.4) is 0 Å². The third-order valence-electron chi connectivity index (χ3n) is 4.36. The molecular formula is C13H27NO. The minimum Gasteiger partial charge on any atom is -0.392 e. The lowest BCUT2D eigenvalue weighted by Crippen LogP contribution is -2.60. The Balaban J connectivity index is 2.34. The molecule has 0 amide bonds. The summed E-state index contributed by atoms with van der Waals surface area (Å²) in [7, 11) is 0. The number of rotatable bonds is 3. The number of nitrogens with one attached hydrogen (secondary N) is 1. The van der Waals surface area contributed by atoms with E-state index in [-0.39, 0.29) is 11.5 Å². The van der Waals surface area contributed by atoms with Gasteiger partial charge in [0, 0.05) is 11.5 Å². The fourth-order valence-electron chi connectivity index (χ4n) is 1.87. The predicted molar refractivity (Wildman–Crippen MR) is 64.8 cm³/mol. The van der Waals surface area contributed by atoms with Crippen molar-refractivity contribution in [2.75, 3.05) is 6.54 Å². The van der Waals surface area contributed by atoms with E-state index in [0.717, 1.165) is 13.0 Å². The molecule has 3 atom stereocenters. The molecule has 90 valence electrons. The highest BCUT2D eigenvalue weighted by atomic mass is 16.3.